The van der Waals surface area contributed by atoms with Gasteiger partial charge in [-0.1, -0.05) is 0 Å². The van der Waals surface area contributed by atoms with Crippen molar-refractivity contribution in [1.82, 2.24) is 20.5 Å². The van der Waals surface area contributed by atoms with Crippen LogP contribution in [-0.4, -0.2) is 55.6 Å². The van der Waals surface area contributed by atoms with Crippen molar-refractivity contribution in [2.75, 3.05) is 33.8 Å². The van der Waals surface area contributed by atoms with Crippen LogP contribution in [-0.2, 0) is 11.3 Å². The predicted molar refractivity (Wildman–Crippen MR) is 81.2 cm³/mol. The zero-order chi connectivity index (χ0) is 15.1. The molecule has 1 aromatic rings. The summed E-state index contributed by atoms with van der Waals surface area (Å²) in [4.78, 5) is 18.2. The van der Waals surface area contributed by atoms with Crippen LogP contribution in [0.4, 0.5) is 0 Å². The van der Waals surface area contributed by atoms with E-state index in [9.17, 15) is 4.79 Å². The summed E-state index contributed by atoms with van der Waals surface area (Å²) in [7, 11) is 4.00. The molecule has 1 atom stereocenters. The standard InChI is InChI=1S/C15H24N4O2/c1-19(2)8-9-21-14-10-12(5-7-17-14)11-18-15(20)13-4-3-6-16-13/h5,7,10,13,16H,3-4,6,8-9,11H2,1-2H3,(H,18,20). The Hall–Kier alpha value is -1.66. The van der Waals surface area contributed by atoms with Crippen molar-refractivity contribution < 1.29 is 9.53 Å². The molecule has 2 rings (SSSR count). The molecule has 116 valence electrons. The van der Waals surface area contributed by atoms with E-state index in [1.807, 2.05) is 26.2 Å². The molecule has 0 spiro atoms. The maximum absolute atomic E-state index is 11.9. The highest BCUT2D eigenvalue weighted by Crippen LogP contribution is 2.10. The molecule has 0 saturated carbocycles. The Bertz CT molecular complexity index is 459. The summed E-state index contributed by atoms with van der Waals surface area (Å²) in [5.41, 5.74) is 0.996. The molecule has 0 aromatic carbocycles. The van der Waals surface area contributed by atoms with Crippen molar-refractivity contribution >= 4 is 5.91 Å². The second-order valence-corrected chi connectivity index (χ2v) is 5.52. The van der Waals surface area contributed by atoms with Gasteiger partial charge in [-0.2, -0.15) is 0 Å². The maximum atomic E-state index is 11.9. The van der Waals surface area contributed by atoms with Gasteiger partial charge < -0.3 is 20.3 Å². The molecule has 1 aliphatic heterocycles. The van der Waals surface area contributed by atoms with Crippen LogP contribution < -0.4 is 15.4 Å². The van der Waals surface area contributed by atoms with Gasteiger partial charge in [-0.25, -0.2) is 4.98 Å². The third-order valence-corrected chi connectivity index (χ3v) is 3.43. The summed E-state index contributed by atoms with van der Waals surface area (Å²) in [6, 6.07) is 3.72. The zero-order valence-corrected chi connectivity index (χ0v) is 12.8. The van der Waals surface area contributed by atoms with Gasteiger partial charge in [-0.05, 0) is 45.1 Å². The number of rotatable bonds is 7. The van der Waals surface area contributed by atoms with Crippen LogP contribution in [0.3, 0.4) is 0 Å². The minimum atomic E-state index is -0.0392. The molecule has 1 fully saturated rings. The number of nitrogens with one attached hydrogen (secondary N) is 2. The van der Waals surface area contributed by atoms with Crippen molar-refractivity contribution in [2.24, 2.45) is 0 Å². The van der Waals surface area contributed by atoms with Crippen LogP contribution in [0.1, 0.15) is 18.4 Å². The second kappa shape index (κ2) is 7.95. The molecule has 2 heterocycles. The molecule has 6 heteroatoms. The summed E-state index contributed by atoms with van der Waals surface area (Å²) < 4.78 is 5.59. The maximum Gasteiger partial charge on any atom is 0.237 e. The molecule has 6 nitrogen and oxygen atoms in total. The van der Waals surface area contributed by atoms with Crippen LogP contribution in [0.25, 0.3) is 0 Å². The minimum Gasteiger partial charge on any atom is -0.476 e. The van der Waals surface area contributed by atoms with E-state index in [0.29, 0.717) is 19.0 Å². The molecular formula is C15H24N4O2. The Balaban J connectivity index is 1.78. The van der Waals surface area contributed by atoms with Crippen molar-refractivity contribution in [3.05, 3.63) is 23.9 Å². The average Bonchev–Trinajstić information content (AvgIpc) is 2.99. The Morgan fingerprint density at radius 2 is 2.43 bits per heavy atom. The Morgan fingerprint density at radius 1 is 1.57 bits per heavy atom. The van der Waals surface area contributed by atoms with Gasteiger partial charge >= 0.3 is 0 Å². The molecule has 21 heavy (non-hydrogen) atoms. The highest BCUT2D eigenvalue weighted by atomic mass is 16.5. The molecule has 1 aromatic heterocycles. The number of nitrogens with zero attached hydrogens (tertiary/aromatic N) is 2. The van der Waals surface area contributed by atoms with E-state index in [2.05, 4.69) is 20.5 Å². The number of aromatic nitrogens is 1. The Morgan fingerprint density at radius 3 is 3.14 bits per heavy atom. The summed E-state index contributed by atoms with van der Waals surface area (Å²) in [5.74, 6) is 0.668. The lowest BCUT2D eigenvalue weighted by atomic mass is 10.2. The molecule has 0 bridgehead atoms. The lowest BCUT2D eigenvalue weighted by molar-refractivity contribution is -0.122. The lowest BCUT2D eigenvalue weighted by Gasteiger charge is -2.12. The van der Waals surface area contributed by atoms with Crippen LogP contribution in [0, 0.1) is 0 Å². The highest BCUT2D eigenvalue weighted by Gasteiger charge is 2.21. The van der Waals surface area contributed by atoms with Gasteiger partial charge in [-0.3, -0.25) is 4.79 Å². The van der Waals surface area contributed by atoms with E-state index in [0.717, 1.165) is 31.5 Å². The van der Waals surface area contributed by atoms with Crippen molar-refractivity contribution in [3.63, 3.8) is 0 Å². The SMILES string of the molecule is CN(C)CCOc1cc(CNC(=O)C2CCCN2)ccn1. The first kappa shape index (κ1) is 15.7. The molecule has 1 aliphatic rings. The van der Waals surface area contributed by atoms with Crippen molar-refractivity contribution in [2.45, 2.75) is 25.4 Å². The van der Waals surface area contributed by atoms with E-state index >= 15 is 0 Å². The molecule has 0 radical (unpaired) electrons. The molecule has 1 saturated heterocycles. The van der Waals surface area contributed by atoms with Crippen LogP contribution in [0.2, 0.25) is 0 Å². The van der Waals surface area contributed by atoms with Crippen LogP contribution in [0.15, 0.2) is 18.3 Å². The third-order valence-electron chi connectivity index (χ3n) is 3.43. The molecule has 0 aliphatic carbocycles. The van der Waals surface area contributed by atoms with Gasteiger partial charge in [0, 0.05) is 25.4 Å². The fraction of sp³-hybridized carbons (Fsp3) is 0.600. The third kappa shape index (κ3) is 5.32. The van der Waals surface area contributed by atoms with E-state index in [1.54, 1.807) is 6.20 Å². The number of pyridine rings is 1. The summed E-state index contributed by atoms with van der Waals surface area (Å²) in [6.07, 6.45) is 3.69. The molecule has 1 amide bonds. The topological polar surface area (TPSA) is 66.5 Å². The minimum absolute atomic E-state index is 0.0392. The number of hydrogen-bond acceptors (Lipinski definition) is 5. The average molecular weight is 292 g/mol. The van der Waals surface area contributed by atoms with Crippen molar-refractivity contribution in [1.29, 1.82) is 0 Å². The summed E-state index contributed by atoms with van der Waals surface area (Å²) in [5, 5.41) is 6.14. The first-order valence-corrected chi connectivity index (χ1v) is 7.39. The van der Waals surface area contributed by atoms with E-state index in [4.69, 9.17) is 4.74 Å². The van der Waals surface area contributed by atoms with Gasteiger partial charge in [-0.15, -0.1) is 0 Å². The van der Waals surface area contributed by atoms with Gasteiger partial charge in [0.25, 0.3) is 0 Å². The molecule has 2 N–H and O–H groups in total. The zero-order valence-electron chi connectivity index (χ0n) is 12.8. The monoisotopic (exact) mass is 292 g/mol. The first-order chi connectivity index (χ1) is 10.1. The van der Waals surface area contributed by atoms with E-state index in [1.165, 1.54) is 0 Å². The van der Waals surface area contributed by atoms with Gasteiger partial charge in [0.2, 0.25) is 11.8 Å². The number of carbonyl (C=O) groups excluding carboxylic acids is 1. The normalized spacial score (nSPS) is 18.0. The first-order valence-electron chi connectivity index (χ1n) is 7.39. The lowest BCUT2D eigenvalue weighted by Crippen LogP contribution is -2.40. The van der Waals surface area contributed by atoms with Crippen LogP contribution >= 0.6 is 0 Å². The smallest absolute Gasteiger partial charge is 0.237 e. The summed E-state index contributed by atoms with van der Waals surface area (Å²) >= 11 is 0. The van der Waals surface area contributed by atoms with Gasteiger partial charge in [0.1, 0.15) is 6.61 Å². The molecular weight excluding hydrogens is 268 g/mol. The Kier molecular flexibility index (Phi) is 5.95. The fourth-order valence-electron chi connectivity index (χ4n) is 2.19. The Labute approximate surface area is 125 Å². The van der Waals surface area contributed by atoms with Gasteiger partial charge in [0.15, 0.2) is 0 Å². The number of carbonyl (C=O) groups is 1. The summed E-state index contributed by atoms with van der Waals surface area (Å²) in [6.45, 7) is 2.87. The van der Waals surface area contributed by atoms with E-state index in [-0.39, 0.29) is 11.9 Å². The number of hydrogen-bond donors (Lipinski definition) is 2. The largest absolute Gasteiger partial charge is 0.476 e. The second-order valence-electron chi connectivity index (χ2n) is 5.52. The highest BCUT2D eigenvalue weighted by molar-refractivity contribution is 5.81. The van der Waals surface area contributed by atoms with E-state index < -0.39 is 0 Å². The molecule has 1 unspecified atom stereocenters. The quantitative estimate of drug-likeness (QED) is 0.761. The van der Waals surface area contributed by atoms with Crippen LogP contribution in [0.5, 0.6) is 5.88 Å². The van der Waals surface area contributed by atoms with Crippen molar-refractivity contribution in [3.8, 4) is 5.88 Å². The fourth-order valence-corrected chi connectivity index (χ4v) is 2.19. The number of ether oxygens (including phenoxy) is 1. The number of amides is 1. The predicted octanol–water partition coefficient (Wildman–Crippen LogP) is 0.390. The number of likely N-dealkylation sites (N-methyl/N-ethyl adjacent to an activating group) is 1. The van der Waals surface area contributed by atoms with Gasteiger partial charge in [0.05, 0.1) is 6.04 Å².